The quantitative estimate of drug-likeness (QED) is 0.356. The van der Waals surface area contributed by atoms with Crippen molar-refractivity contribution in [2.24, 2.45) is 0 Å². The van der Waals surface area contributed by atoms with Gasteiger partial charge in [0.1, 0.15) is 19.0 Å². The molecule has 0 fully saturated rings. The number of allylic oxidation sites excluding steroid dienone is 1. The lowest BCUT2D eigenvalue weighted by molar-refractivity contribution is -0.113. The number of carbonyl (C=O) groups excluding carboxylic acids is 1. The maximum absolute atomic E-state index is 13.7. The van der Waals surface area contributed by atoms with Crippen molar-refractivity contribution in [3.05, 3.63) is 107 Å². The first-order valence-corrected chi connectivity index (χ1v) is 12.1. The molecular weight excluding hydrogens is 466 g/mol. The molecule has 1 unspecified atom stereocenters. The number of fused-ring (bicyclic) bond motifs is 1. The molecule has 0 bridgehead atoms. The average molecular weight is 496 g/mol. The van der Waals surface area contributed by atoms with E-state index in [0.29, 0.717) is 35.3 Å². The van der Waals surface area contributed by atoms with Gasteiger partial charge in [0.15, 0.2) is 11.5 Å². The minimum atomic E-state index is -0.513. The Hall–Kier alpha value is -4.59. The van der Waals surface area contributed by atoms with Crippen LogP contribution in [0.25, 0.3) is 0 Å². The largest absolute Gasteiger partial charge is 0.493 e. The Kier molecular flexibility index (Phi) is 6.64. The van der Waals surface area contributed by atoms with Gasteiger partial charge < -0.3 is 20.1 Å². The Bertz CT molecular complexity index is 1480. The Morgan fingerprint density at radius 1 is 1.03 bits per heavy atom. The van der Waals surface area contributed by atoms with Gasteiger partial charge in [0, 0.05) is 11.4 Å². The van der Waals surface area contributed by atoms with Gasteiger partial charge in [0.25, 0.3) is 5.91 Å². The Morgan fingerprint density at radius 2 is 1.84 bits per heavy atom. The summed E-state index contributed by atoms with van der Waals surface area (Å²) in [6.07, 6.45) is 1.47. The van der Waals surface area contributed by atoms with Gasteiger partial charge in [-0.05, 0) is 61.2 Å². The van der Waals surface area contributed by atoms with E-state index in [1.54, 1.807) is 11.8 Å². The number of benzene rings is 3. The van der Waals surface area contributed by atoms with Crippen LogP contribution in [-0.2, 0) is 11.4 Å². The van der Waals surface area contributed by atoms with Crippen LogP contribution >= 0.6 is 0 Å². The molecule has 0 spiro atoms. The number of methoxy groups -OCH3 is 1. The number of aromatic nitrogens is 3. The number of rotatable bonds is 7. The summed E-state index contributed by atoms with van der Waals surface area (Å²) in [6.45, 7) is 6.31. The molecule has 1 amide bonds. The standard InChI is InChI=1S/C29H29N5O3/c1-18-9-8-12-23(19(18)2)33-28(35)26-20(3)32-29-30-17-31-34(29)27(26)22-13-14-24(25(15-22)36-4)37-16-21-10-6-5-7-11-21/h5-15,17,27H,16H2,1-4H3,(H,33,35)(H,30,31,32). The van der Waals surface area contributed by atoms with Gasteiger partial charge in [-0.2, -0.15) is 10.1 Å². The molecule has 0 radical (unpaired) electrons. The fourth-order valence-corrected chi connectivity index (χ4v) is 4.48. The van der Waals surface area contributed by atoms with Crippen LogP contribution in [0.5, 0.6) is 11.5 Å². The monoisotopic (exact) mass is 495 g/mol. The maximum Gasteiger partial charge on any atom is 0.255 e. The van der Waals surface area contributed by atoms with Gasteiger partial charge in [0.05, 0.1) is 12.7 Å². The van der Waals surface area contributed by atoms with Crippen LogP contribution in [0, 0.1) is 13.8 Å². The fourth-order valence-electron chi connectivity index (χ4n) is 4.48. The van der Waals surface area contributed by atoms with Gasteiger partial charge in [-0.3, -0.25) is 4.79 Å². The summed E-state index contributed by atoms with van der Waals surface area (Å²) >= 11 is 0. The summed E-state index contributed by atoms with van der Waals surface area (Å²) in [5.41, 5.74) is 6.03. The fraction of sp³-hybridized carbons (Fsp3) is 0.207. The number of nitrogens with one attached hydrogen (secondary N) is 2. The Balaban J connectivity index is 1.49. The lowest BCUT2D eigenvalue weighted by atomic mass is 9.94. The molecule has 5 rings (SSSR count). The van der Waals surface area contributed by atoms with Crippen molar-refractivity contribution in [1.82, 2.24) is 14.8 Å². The van der Waals surface area contributed by atoms with Gasteiger partial charge in [-0.15, -0.1) is 0 Å². The smallest absolute Gasteiger partial charge is 0.255 e. The zero-order valence-corrected chi connectivity index (χ0v) is 21.3. The second-order valence-electron chi connectivity index (χ2n) is 8.98. The summed E-state index contributed by atoms with van der Waals surface area (Å²) in [4.78, 5) is 18.0. The molecule has 1 aromatic heterocycles. The lowest BCUT2D eigenvalue weighted by Crippen LogP contribution is -2.31. The van der Waals surface area contributed by atoms with E-state index in [1.165, 1.54) is 6.33 Å². The van der Waals surface area contributed by atoms with E-state index < -0.39 is 6.04 Å². The van der Waals surface area contributed by atoms with Crippen LogP contribution in [0.2, 0.25) is 0 Å². The van der Waals surface area contributed by atoms with Crippen molar-refractivity contribution >= 4 is 17.5 Å². The van der Waals surface area contributed by atoms with E-state index in [2.05, 4.69) is 20.7 Å². The molecule has 8 heteroatoms. The molecule has 4 aromatic rings. The molecule has 8 nitrogen and oxygen atoms in total. The molecular formula is C29H29N5O3. The SMILES string of the molecule is COc1cc(C2C(C(=O)Nc3cccc(C)c3C)=C(C)Nc3ncnn32)ccc1OCc1ccccc1. The van der Waals surface area contributed by atoms with Crippen molar-refractivity contribution in [3.63, 3.8) is 0 Å². The second kappa shape index (κ2) is 10.2. The number of hydrogen-bond donors (Lipinski definition) is 2. The van der Waals surface area contributed by atoms with E-state index in [4.69, 9.17) is 9.47 Å². The summed E-state index contributed by atoms with van der Waals surface area (Å²) in [6, 6.07) is 21.0. The Labute approximate surface area is 216 Å². The summed E-state index contributed by atoms with van der Waals surface area (Å²) < 4.78 is 13.4. The third-order valence-electron chi connectivity index (χ3n) is 6.63. The maximum atomic E-state index is 13.7. The van der Waals surface area contributed by atoms with Crippen LogP contribution < -0.4 is 20.1 Å². The van der Waals surface area contributed by atoms with Crippen molar-refractivity contribution in [2.75, 3.05) is 17.7 Å². The third kappa shape index (κ3) is 4.78. The molecule has 37 heavy (non-hydrogen) atoms. The molecule has 2 N–H and O–H groups in total. The molecule has 1 aliphatic heterocycles. The van der Waals surface area contributed by atoms with Crippen LogP contribution in [0.3, 0.4) is 0 Å². The van der Waals surface area contributed by atoms with E-state index in [-0.39, 0.29) is 5.91 Å². The van der Waals surface area contributed by atoms with Crippen LogP contribution in [-0.4, -0.2) is 27.8 Å². The third-order valence-corrected chi connectivity index (χ3v) is 6.63. The average Bonchev–Trinajstić information content (AvgIpc) is 3.37. The predicted molar refractivity (Wildman–Crippen MR) is 143 cm³/mol. The molecule has 0 aliphatic carbocycles. The van der Waals surface area contributed by atoms with E-state index in [0.717, 1.165) is 27.9 Å². The summed E-state index contributed by atoms with van der Waals surface area (Å²) in [7, 11) is 1.60. The minimum absolute atomic E-state index is 0.215. The zero-order valence-electron chi connectivity index (χ0n) is 21.3. The van der Waals surface area contributed by atoms with Gasteiger partial charge >= 0.3 is 0 Å². The molecule has 0 saturated heterocycles. The highest BCUT2D eigenvalue weighted by atomic mass is 16.5. The molecule has 0 saturated carbocycles. The highest BCUT2D eigenvalue weighted by Gasteiger charge is 2.34. The normalized spacial score (nSPS) is 14.5. The number of anilines is 2. The summed E-state index contributed by atoms with van der Waals surface area (Å²) in [5, 5.41) is 10.7. The number of aryl methyl sites for hydroxylation is 1. The van der Waals surface area contributed by atoms with Crippen molar-refractivity contribution < 1.29 is 14.3 Å². The molecule has 2 heterocycles. The number of ether oxygens (including phenoxy) is 2. The van der Waals surface area contributed by atoms with E-state index >= 15 is 0 Å². The molecule has 3 aromatic carbocycles. The van der Waals surface area contributed by atoms with Crippen molar-refractivity contribution in [3.8, 4) is 11.5 Å². The lowest BCUT2D eigenvalue weighted by Gasteiger charge is -2.29. The topological polar surface area (TPSA) is 90.3 Å². The number of hydrogen-bond acceptors (Lipinski definition) is 6. The highest BCUT2D eigenvalue weighted by molar-refractivity contribution is 6.06. The van der Waals surface area contributed by atoms with Gasteiger partial charge in [-0.25, -0.2) is 4.68 Å². The van der Waals surface area contributed by atoms with E-state index in [1.807, 2.05) is 87.5 Å². The molecule has 1 aliphatic rings. The minimum Gasteiger partial charge on any atom is -0.493 e. The highest BCUT2D eigenvalue weighted by Crippen LogP contribution is 2.39. The number of carbonyl (C=O) groups is 1. The first kappa shape index (κ1) is 24.1. The zero-order chi connectivity index (χ0) is 25.9. The first-order chi connectivity index (χ1) is 18.0. The van der Waals surface area contributed by atoms with Crippen molar-refractivity contribution in [2.45, 2.75) is 33.4 Å². The van der Waals surface area contributed by atoms with Crippen LogP contribution in [0.4, 0.5) is 11.6 Å². The van der Waals surface area contributed by atoms with Gasteiger partial charge in [-0.1, -0.05) is 48.5 Å². The van der Waals surface area contributed by atoms with Crippen LogP contribution in [0.1, 0.15) is 35.2 Å². The van der Waals surface area contributed by atoms with E-state index in [9.17, 15) is 4.79 Å². The Morgan fingerprint density at radius 3 is 2.62 bits per heavy atom. The molecule has 188 valence electrons. The molecule has 1 atom stereocenters. The van der Waals surface area contributed by atoms with Crippen molar-refractivity contribution in [1.29, 1.82) is 0 Å². The number of nitrogens with zero attached hydrogens (tertiary/aromatic N) is 3. The summed E-state index contributed by atoms with van der Waals surface area (Å²) in [5.74, 6) is 1.54. The predicted octanol–water partition coefficient (Wildman–Crippen LogP) is 5.41. The first-order valence-electron chi connectivity index (χ1n) is 12.1. The van der Waals surface area contributed by atoms with Gasteiger partial charge in [0.2, 0.25) is 5.95 Å². The number of amides is 1. The second-order valence-corrected chi connectivity index (χ2v) is 8.98. The van der Waals surface area contributed by atoms with Crippen LogP contribution in [0.15, 0.2) is 84.3 Å².